The Morgan fingerprint density at radius 2 is 1.55 bits per heavy atom. The van der Waals surface area contributed by atoms with E-state index in [4.69, 9.17) is 9.47 Å². The molecule has 5 aromatic carbocycles. The summed E-state index contributed by atoms with van der Waals surface area (Å²) in [5, 5.41) is 32.1. The highest BCUT2D eigenvalue weighted by Crippen LogP contribution is 2.40. The second-order valence-corrected chi connectivity index (χ2v) is 14.8. The molecule has 0 aliphatic carbocycles. The van der Waals surface area contributed by atoms with E-state index in [1.54, 1.807) is 59.3 Å². The Morgan fingerprint density at radius 1 is 0.804 bits per heavy atom. The summed E-state index contributed by atoms with van der Waals surface area (Å²) in [6.45, 7) is 0.124. The number of hydrogen-bond donors (Lipinski definition) is 3. The van der Waals surface area contributed by atoms with Crippen molar-refractivity contribution in [3.63, 3.8) is 0 Å². The Bertz CT molecular complexity index is 2160. The van der Waals surface area contributed by atoms with Gasteiger partial charge in [0.1, 0.15) is 5.75 Å². The van der Waals surface area contributed by atoms with Crippen LogP contribution < -0.4 is 4.72 Å². The Hall–Kier alpha value is -4.89. The van der Waals surface area contributed by atoms with E-state index in [-0.39, 0.29) is 36.0 Å². The summed E-state index contributed by atoms with van der Waals surface area (Å²) < 4.78 is 42.9. The number of aromatic hydroxyl groups is 1. The summed E-state index contributed by atoms with van der Waals surface area (Å²) in [6, 6.07) is 38.5. The standard InChI is InChI=1S/C38H35N5O6S2/c44-24-26-9-11-29(12-10-26)36-22-34(25-50-38-40-41-42-43(38)32-17-19-33(45)20-18-32)48-37(49-36)30-15-13-28(14-16-30)31-6-4-5-27(21-31)23-39-51(46,47)35-7-2-1-3-8-35/h1-21,34,36-37,39,44-45H,22-25H2/t34-,36+,37+/m1/s1. The fourth-order valence-electron chi connectivity index (χ4n) is 5.77. The first-order chi connectivity index (χ1) is 24.8. The third kappa shape index (κ3) is 8.37. The van der Waals surface area contributed by atoms with E-state index in [2.05, 4.69) is 20.2 Å². The van der Waals surface area contributed by atoms with E-state index in [0.29, 0.717) is 17.3 Å². The highest BCUT2D eigenvalue weighted by Gasteiger charge is 2.32. The molecule has 51 heavy (non-hydrogen) atoms. The predicted octanol–water partition coefficient (Wildman–Crippen LogP) is 6.34. The van der Waals surface area contributed by atoms with Gasteiger partial charge in [-0.25, -0.2) is 13.1 Å². The van der Waals surface area contributed by atoms with E-state index in [0.717, 1.165) is 39.1 Å². The molecule has 0 unspecified atom stereocenters. The summed E-state index contributed by atoms with van der Waals surface area (Å²) in [7, 11) is -3.63. The zero-order chi connectivity index (χ0) is 35.2. The molecule has 1 saturated heterocycles. The summed E-state index contributed by atoms with van der Waals surface area (Å²) in [4.78, 5) is 0.225. The number of aliphatic hydroxyl groups is 1. The van der Waals surface area contributed by atoms with Gasteiger partial charge < -0.3 is 19.7 Å². The number of tetrazole rings is 1. The van der Waals surface area contributed by atoms with Crippen LogP contribution >= 0.6 is 11.8 Å². The minimum Gasteiger partial charge on any atom is -0.508 e. The Labute approximate surface area is 299 Å². The van der Waals surface area contributed by atoms with Crippen molar-refractivity contribution in [2.75, 3.05) is 5.75 Å². The lowest BCUT2D eigenvalue weighted by Gasteiger charge is -2.36. The molecule has 7 rings (SSSR count). The van der Waals surface area contributed by atoms with Gasteiger partial charge in [0.05, 0.1) is 29.4 Å². The maximum atomic E-state index is 12.7. The molecule has 1 fully saturated rings. The Kier molecular flexibility index (Phi) is 10.5. The average Bonchev–Trinajstić information content (AvgIpc) is 3.66. The van der Waals surface area contributed by atoms with Crippen LogP contribution in [0, 0.1) is 0 Å². The minimum atomic E-state index is -3.63. The molecule has 3 N–H and O–H groups in total. The van der Waals surface area contributed by atoms with Crippen molar-refractivity contribution in [2.24, 2.45) is 0 Å². The first-order valence-corrected chi connectivity index (χ1v) is 18.8. The van der Waals surface area contributed by atoms with Gasteiger partial charge >= 0.3 is 0 Å². The zero-order valence-electron chi connectivity index (χ0n) is 27.3. The van der Waals surface area contributed by atoms with E-state index >= 15 is 0 Å². The number of benzene rings is 5. The second-order valence-electron chi connectivity index (χ2n) is 12.0. The van der Waals surface area contributed by atoms with Gasteiger partial charge in [-0.3, -0.25) is 0 Å². The summed E-state index contributed by atoms with van der Waals surface area (Å²) >= 11 is 1.47. The number of sulfonamides is 1. The highest BCUT2D eigenvalue weighted by molar-refractivity contribution is 7.99. The van der Waals surface area contributed by atoms with Gasteiger partial charge in [-0.15, -0.1) is 5.10 Å². The van der Waals surface area contributed by atoms with Crippen LogP contribution in [-0.4, -0.2) is 50.7 Å². The van der Waals surface area contributed by atoms with Crippen molar-refractivity contribution in [1.29, 1.82) is 0 Å². The average molecular weight is 722 g/mol. The van der Waals surface area contributed by atoms with Gasteiger partial charge in [0.2, 0.25) is 15.2 Å². The first kappa shape index (κ1) is 34.6. The van der Waals surface area contributed by atoms with Crippen molar-refractivity contribution < 1.29 is 28.1 Å². The number of nitrogens with one attached hydrogen (secondary N) is 1. The van der Waals surface area contributed by atoms with Gasteiger partial charge in [-0.1, -0.05) is 96.7 Å². The lowest BCUT2D eigenvalue weighted by molar-refractivity contribution is -0.245. The number of ether oxygens (including phenoxy) is 2. The number of nitrogens with zero attached hydrogens (tertiary/aromatic N) is 4. The lowest BCUT2D eigenvalue weighted by Crippen LogP contribution is -2.31. The quantitative estimate of drug-likeness (QED) is 0.122. The van der Waals surface area contributed by atoms with Gasteiger partial charge in [-0.2, -0.15) is 4.68 Å². The van der Waals surface area contributed by atoms with E-state index < -0.39 is 16.3 Å². The molecule has 0 spiro atoms. The van der Waals surface area contributed by atoms with Crippen LogP contribution in [0.3, 0.4) is 0 Å². The molecule has 0 amide bonds. The molecule has 260 valence electrons. The zero-order valence-corrected chi connectivity index (χ0v) is 29.0. The molecule has 0 bridgehead atoms. The van der Waals surface area contributed by atoms with Crippen molar-refractivity contribution in [1.82, 2.24) is 24.9 Å². The molecular weight excluding hydrogens is 687 g/mol. The van der Waals surface area contributed by atoms with Gasteiger partial charge in [0, 0.05) is 24.3 Å². The van der Waals surface area contributed by atoms with Crippen molar-refractivity contribution >= 4 is 21.8 Å². The Balaban J connectivity index is 1.07. The normalized spacial score (nSPS) is 17.7. The van der Waals surface area contributed by atoms with Gasteiger partial charge in [0.15, 0.2) is 6.29 Å². The molecule has 3 atom stereocenters. The number of phenolic OH excluding ortho intramolecular Hbond substituents is 1. The second kappa shape index (κ2) is 15.6. The lowest BCUT2D eigenvalue weighted by atomic mass is 9.99. The van der Waals surface area contributed by atoms with Crippen LogP contribution in [0.5, 0.6) is 5.75 Å². The summed E-state index contributed by atoms with van der Waals surface area (Å²) in [5.74, 6) is 0.717. The Morgan fingerprint density at radius 3 is 2.29 bits per heavy atom. The van der Waals surface area contributed by atoms with Crippen LogP contribution in [0.2, 0.25) is 0 Å². The summed E-state index contributed by atoms with van der Waals surface area (Å²) in [5.41, 5.74) is 6.14. The molecule has 6 aromatic rings. The molecule has 11 nitrogen and oxygen atoms in total. The first-order valence-electron chi connectivity index (χ1n) is 16.3. The van der Waals surface area contributed by atoms with Crippen LogP contribution in [0.15, 0.2) is 137 Å². The molecule has 2 heterocycles. The number of aliphatic hydroxyl groups excluding tert-OH is 1. The molecule has 0 saturated carbocycles. The topological polar surface area (TPSA) is 149 Å². The molecular formula is C38H35N5O6S2. The van der Waals surface area contributed by atoms with E-state index in [9.17, 15) is 18.6 Å². The van der Waals surface area contributed by atoms with E-state index in [1.807, 2.05) is 72.8 Å². The fourth-order valence-corrected chi connectivity index (χ4v) is 7.72. The molecule has 13 heteroatoms. The SMILES string of the molecule is O=S(=O)(NCc1cccc(-c2ccc([C@H]3O[C@@H](CSc4nnnn4-c4ccc(O)cc4)C[C@@H](c4ccc(CO)cc4)O3)cc2)c1)c1ccccc1. The van der Waals surface area contributed by atoms with Crippen molar-refractivity contribution in [2.45, 2.75) is 48.1 Å². The smallest absolute Gasteiger partial charge is 0.240 e. The molecule has 1 aliphatic rings. The number of rotatable bonds is 12. The molecule has 1 aliphatic heterocycles. The molecule has 1 aromatic heterocycles. The van der Waals surface area contributed by atoms with Crippen LogP contribution in [0.1, 0.15) is 41.1 Å². The van der Waals surface area contributed by atoms with Crippen LogP contribution in [0.4, 0.5) is 0 Å². The number of aromatic nitrogens is 4. The fraction of sp³-hybridized carbons (Fsp3) is 0.184. The third-order valence-corrected chi connectivity index (χ3v) is 11.0. The maximum absolute atomic E-state index is 12.7. The predicted molar refractivity (Wildman–Crippen MR) is 192 cm³/mol. The van der Waals surface area contributed by atoms with Crippen molar-refractivity contribution in [3.05, 3.63) is 150 Å². The maximum Gasteiger partial charge on any atom is 0.240 e. The van der Waals surface area contributed by atoms with Gasteiger partial charge in [0.25, 0.3) is 0 Å². The van der Waals surface area contributed by atoms with Crippen LogP contribution in [-0.2, 0) is 32.6 Å². The summed E-state index contributed by atoms with van der Waals surface area (Å²) in [6.07, 6.45) is -0.516. The van der Waals surface area contributed by atoms with Crippen molar-refractivity contribution in [3.8, 4) is 22.6 Å². The number of hydrogen-bond acceptors (Lipinski definition) is 10. The van der Waals surface area contributed by atoms with Crippen LogP contribution in [0.25, 0.3) is 16.8 Å². The molecule has 0 radical (unpaired) electrons. The largest absolute Gasteiger partial charge is 0.508 e. The number of thioether (sulfide) groups is 1. The number of phenols is 1. The van der Waals surface area contributed by atoms with Gasteiger partial charge in [-0.05, 0) is 80.7 Å². The monoisotopic (exact) mass is 721 g/mol. The minimum absolute atomic E-state index is 0.0366. The van der Waals surface area contributed by atoms with E-state index in [1.165, 1.54) is 11.8 Å². The third-order valence-electron chi connectivity index (χ3n) is 8.51. The highest BCUT2D eigenvalue weighted by atomic mass is 32.2.